The maximum absolute atomic E-state index is 12.5. The summed E-state index contributed by atoms with van der Waals surface area (Å²) in [5.41, 5.74) is 2.03. The average Bonchev–Trinajstić information content (AvgIpc) is 3.14. The van der Waals surface area contributed by atoms with Crippen LogP contribution >= 0.6 is 22.7 Å². The van der Waals surface area contributed by atoms with E-state index in [-0.39, 0.29) is 5.91 Å². The first kappa shape index (κ1) is 14.4. The molecule has 0 spiro atoms. The topological polar surface area (TPSA) is 42.0 Å². The van der Waals surface area contributed by atoms with E-state index in [0.717, 1.165) is 35.8 Å². The highest BCUT2D eigenvalue weighted by molar-refractivity contribution is 7.21. The van der Waals surface area contributed by atoms with Crippen molar-refractivity contribution in [1.82, 2.24) is 10.3 Å². The number of benzene rings is 2. The summed E-state index contributed by atoms with van der Waals surface area (Å²) in [5.74, 6) is -0.0250. The Hall–Kier alpha value is -2.24. The maximum atomic E-state index is 12.5. The number of fused-ring (bicyclic) bond motifs is 2. The highest BCUT2D eigenvalue weighted by Gasteiger charge is 2.15. The fourth-order valence-electron chi connectivity index (χ4n) is 2.62. The van der Waals surface area contributed by atoms with Gasteiger partial charge in [0.25, 0.3) is 5.91 Å². The van der Waals surface area contributed by atoms with Gasteiger partial charge < -0.3 is 5.32 Å². The fraction of sp³-hybridized carbons (Fsp3) is 0.111. The molecule has 2 heterocycles. The number of nitrogens with one attached hydrogen (secondary N) is 1. The van der Waals surface area contributed by atoms with Crippen LogP contribution in [0.1, 0.15) is 20.2 Å². The molecule has 0 bridgehead atoms. The summed E-state index contributed by atoms with van der Waals surface area (Å²) >= 11 is 3.16. The molecule has 0 radical (unpaired) electrons. The first-order valence-corrected chi connectivity index (χ1v) is 8.96. The van der Waals surface area contributed by atoms with Crippen molar-refractivity contribution in [3.63, 3.8) is 0 Å². The number of carbonyl (C=O) groups excluding carboxylic acids is 1. The van der Waals surface area contributed by atoms with E-state index in [1.165, 1.54) is 0 Å². The lowest BCUT2D eigenvalue weighted by atomic mass is 10.1. The van der Waals surface area contributed by atoms with E-state index in [4.69, 9.17) is 0 Å². The third-order valence-corrected chi connectivity index (χ3v) is 6.10. The van der Waals surface area contributed by atoms with Crippen molar-refractivity contribution in [2.24, 2.45) is 0 Å². The second-order valence-electron chi connectivity index (χ2n) is 5.31. The zero-order valence-corrected chi connectivity index (χ0v) is 14.1. The SMILES string of the molecule is Cc1c(C(=O)NCc2nc3ccccc3s2)sc2ccccc12. The molecule has 3 nitrogen and oxygen atoms in total. The Morgan fingerprint density at radius 1 is 1.04 bits per heavy atom. The van der Waals surface area contributed by atoms with Gasteiger partial charge in [-0.15, -0.1) is 22.7 Å². The number of para-hydroxylation sites is 1. The van der Waals surface area contributed by atoms with Crippen LogP contribution in [0, 0.1) is 6.92 Å². The van der Waals surface area contributed by atoms with Crippen LogP contribution in [0.4, 0.5) is 0 Å². The summed E-state index contributed by atoms with van der Waals surface area (Å²) in [4.78, 5) is 17.8. The van der Waals surface area contributed by atoms with Crippen LogP contribution in [-0.4, -0.2) is 10.9 Å². The standard InChI is InChI=1S/C18H14N2OS2/c1-11-12-6-2-4-8-14(12)23-17(11)18(21)19-10-16-20-13-7-3-5-9-15(13)22-16/h2-9H,10H2,1H3,(H,19,21). The molecule has 0 atom stereocenters. The molecule has 0 fully saturated rings. The number of rotatable bonds is 3. The lowest BCUT2D eigenvalue weighted by Gasteiger charge is -2.01. The molecule has 1 N–H and O–H groups in total. The van der Waals surface area contributed by atoms with Crippen LogP contribution in [0.5, 0.6) is 0 Å². The Kier molecular flexibility index (Phi) is 3.59. The van der Waals surface area contributed by atoms with Gasteiger partial charge in [-0.3, -0.25) is 4.79 Å². The number of amides is 1. The van der Waals surface area contributed by atoms with Crippen molar-refractivity contribution < 1.29 is 4.79 Å². The molecule has 0 unspecified atom stereocenters. The van der Waals surface area contributed by atoms with Crippen molar-refractivity contribution in [3.05, 3.63) is 64.0 Å². The summed E-state index contributed by atoms with van der Waals surface area (Å²) in [5, 5.41) is 5.08. The van der Waals surface area contributed by atoms with E-state index < -0.39 is 0 Å². The van der Waals surface area contributed by atoms with Crippen LogP contribution < -0.4 is 5.32 Å². The Bertz CT molecular complexity index is 983. The Morgan fingerprint density at radius 2 is 1.78 bits per heavy atom. The molecule has 2 aromatic carbocycles. The van der Waals surface area contributed by atoms with E-state index in [1.807, 2.05) is 37.3 Å². The van der Waals surface area contributed by atoms with Crippen LogP contribution in [0.15, 0.2) is 48.5 Å². The molecule has 0 saturated heterocycles. The third-order valence-electron chi connectivity index (χ3n) is 3.79. The predicted octanol–water partition coefficient (Wildman–Crippen LogP) is 4.75. The van der Waals surface area contributed by atoms with E-state index in [0.29, 0.717) is 6.54 Å². The lowest BCUT2D eigenvalue weighted by Crippen LogP contribution is -2.22. The van der Waals surface area contributed by atoms with Crippen LogP contribution in [-0.2, 0) is 6.54 Å². The summed E-state index contributed by atoms with van der Waals surface area (Å²) in [6, 6.07) is 16.1. The van der Waals surface area contributed by atoms with Gasteiger partial charge in [0.05, 0.1) is 21.6 Å². The van der Waals surface area contributed by atoms with Gasteiger partial charge in [-0.25, -0.2) is 4.98 Å². The van der Waals surface area contributed by atoms with Gasteiger partial charge in [0.15, 0.2) is 0 Å². The largest absolute Gasteiger partial charge is 0.345 e. The smallest absolute Gasteiger partial charge is 0.262 e. The number of aromatic nitrogens is 1. The number of thiazole rings is 1. The van der Waals surface area contributed by atoms with Gasteiger partial charge in [-0.2, -0.15) is 0 Å². The quantitative estimate of drug-likeness (QED) is 0.586. The van der Waals surface area contributed by atoms with Gasteiger partial charge in [0, 0.05) is 4.70 Å². The van der Waals surface area contributed by atoms with Crippen molar-refractivity contribution in [2.45, 2.75) is 13.5 Å². The number of nitrogens with zero attached hydrogens (tertiary/aromatic N) is 1. The van der Waals surface area contributed by atoms with Gasteiger partial charge in [-0.05, 0) is 36.1 Å². The number of thiophene rings is 1. The first-order chi connectivity index (χ1) is 11.2. The lowest BCUT2D eigenvalue weighted by molar-refractivity contribution is 0.0954. The monoisotopic (exact) mass is 338 g/mol. The molecule has 5 heteroatoms. The molecule has 23 heavy (non-hydrogen) atoms. The highest BCUT2D eigenvalue weighted by atomic mass is 32.1. The van der Waals surface area contributed by atoms with Crippen LogP contribution in [0.3, 0.4) is 0 Å². The zero-order chi connectivity index (χ0) is 15.8. The van der Waals surface area contributed by atoms with Crippen molar-refractivity contribution in [2.75, 3.05) is 0 Å². The van der Waals surface area contributed by atoms with Crippen molar-refractivity contribution in [3.8, 4) is 0 Å². The number of aryl methyl sites for hydroxylation is 1. The summed E-state index contributed by atoms with van der Waals surface area (Å²) in [6.45, 7) is 2.47. The molecule has 0 aliphatic rings. The minimum absolute atomic E-state index is 0.0250. The molecule has 2 aromatic heterocycles. The molecular weight excluding hydrogens is 324 g/mol. The molecule has 4 rings (SSSR count). The Balaban J connectivity index is 1.56. The number of hydrogen-bond donors (Lipinski definition) is 1. The van der Waals surface area contributed by atoms with E-state index >= 15 is 0 Å². The second kappa shape index (κ2) is 5.76. The number of hydrogen-bond acceptors (Lipinski definition) is 4. The zero-order valence-electron chi connectivity index (χ0n) is 12.5. The second-order valence-corrected chi connectivity index (χ2v) is 7.48. The van der Waals surface area contributed by atoms with E-state index in [9.17, 15) is 4.79 Å². The van der Waals surface area contributed by atoms with Gasteiger partial charge in [0.1, 0.15) is 5.01 Å². The van der Waals surface area contributed by atoms with Gasteiger partial charge in [-0.1, -0.05) is 30.3 Å². The maximum Gasteiger partial charge on any atom is 0.262 e. The molecule has 0 aliphatic heterocycles. The molecule has 4 aromatic rings. The van der Waals surface area contributed by atoms with Crippen LogP contribution in [0.25, 0.3) is 20.3 Å². The minimum Gasteiger partial charge on any atom is -0.345 e. The molecule has 1 amide bonds. The highest BCUT2D eigenvalue weighted by Crippen LogP contribution is 2.30. The third kappa shape index (κ3) is 2.62. The van der Waals surface area contributed by atoms with Crippen molar-refractivity contribution in [1.29, 1.82) is 0 Å². The molecule has 114 valence electrons. The van der Waals surface area contributed by atoms with E-state index in [1.54, 1.807) is 22.7 Å². The number of carbonyl (C=O) groups is 1. The first-order valence-electron chi connectivity index (χ1n) is 7.33. The Morgan fingerprint density at radius 3 is 2.57 bits per heavy atom. The normalized spacial score (nSPS) is 11.2. The van der Waals surface area contributed by atoms with Crippen molar-refractivity contribution >= 4 is 48.9 Å². The minimum atomic E-state index is -0.0250. The Labute approximate surface area is 141 Å². The van der Waals surface area contributed by atoms with Crippen LogP contribution in [0.2, 0.25) is 0 Å². The summed E-state index contributed by atoms with van der Waals surface area (Å²) in [7, 11) is 0. The molecular formula is C18H14N2OS2. The molecule has 0 aliphatic carbocycles. The van der Waals surface area contributed by atoms with Gasteiger partial charge in [0.2, 0.25) is 0 Å². The molecule has 0 saturated carbocycles. The van der Waals surface area contributed by atoms with E-state index in [2.05, 4.69) is 28.5 Å². The average molecular weight is 338 g/mol. The summed E-state index contributed by atoms with van der Waals surface area (Å²) in [6.07, 6.45) is 0. The fourth-order valence-corrected chi connectivity index (χ4v) is 4.66. The summed E-state index contributed by atoms with van der Waals surface area (Å²) < 4.78 is 2.30. The van der Waals surface area contributed by atoms with Gasteiger partial charge >= 0.3 is 0 Å². The predicted molar refractivity (Wildman–Crippen MR) is 97.4 cm³/mol.